The first-order valence-corrected chi connectivity index (χ1v) is 4.08. The Kier molecular flexibility index (Phi) is 2.22. The van der Waals surface area contributed by atoms with Crippen LogP contribution in [0, 0.1) is 0 Å². The Morgan fingerprint density at radius 3 is 2.67 bits per heavy atom. The van der Waals surface area contributed by atoms with Crippen LogP contribution in [0.1, 0.15) is 24.3 Å². The molecule has 0 aliphatic rings. The van der Waals surface area contributed by atoms with Gasteiger partial charge in [-0.1, -0.05) is 13.8 Å². The highest BCUT2D eigenvalue weighted by molar-refractivity contribution is 7.05. The first kappa shape index (κ1) is 6.75. The Balaban J connectivity index is 2.85. The summed E-state index contributed by atoms with van der Waals surface area (Å²) in [5.74, 6) is 0. The minimum Gasteiger partial charge on any atom is -0.201 e. The van der Waals surface area contributed by atoms with Gasteiger partial charge in [-0.2, -0.15) is 0 Å². The first-order valence-electron chi connectivity index (χ1n) is 3.30. The molecule has 0 spiro atoms. The van der Waals surface area contributed by atoms with Crippen LogP contribution >= 0.6 is 11.5 Å². The van der Waals surface area contributed by atoms with E-state index in [1.54, 1.807) is 11.5 Å². The van der Waals surface area contributed by atoms with Crippen molar-refractivity contribution >= 4 is 11.5 Å². The van der Waals surface area contributed by atoms with Crippen LogP contribution in [0.2, 0.25) is 0 Å². The molecule has 1 heterocycles. The predicted octanol–water partition coefficient (Wildman–Crippen LogP) is 2.27. The smallest absolute Gasteiger partial charge is 0.0441 e. The fourth-order valence-electron chi connectivity index (χ4n) is 0.864. The molecule has 0 atom stereocenters. The SMILES string of the molecule is CCc1cnsc1CC. The van der Waals surface area contributed by atoms with E-state index in [0.717, 1.165) is 12.8 Å². The van der Waals surface area contributed by atoms with Crippen LogP contribution in [-0.4, -0.2) is 4.37 Å². The lowest BCUT2D eigenvalue weighted by atomic mass is 10.2. The maximum atomic E-state index is 4.11. The van der Waals surface area contributed by atoms with Crippen LogP contribution in [0.5, 0.6) is 0 Å². The summed E-state index contributed by atoms with van der Waals surface area (Å²) in [4.78, 5) is 1.44. The maximum absolute atomic E-state index is 4.11. The fraction of sp³-hybridized carbons (Fsp3) is 0.571. The van der Waals surface area contributed by atoms with E-state index in [-0.39, 0.29) is 0 Å². The lowest BCUT2D eigenvalue weighted by Crippen LogP contribution is -1.80. The van der Waals surface area contributed by atoms with E-state index < -0.39 is 0 Å². The molecule has 50 valence electrons. The third-order valence-electron chi connectivity index (χ3n) is 1.43. The van der Waals surface area contributed by atoms with Crippen molar-refractivity contribution in [2.45, 2.75) is 26.7 Å². The highest BCUT2D eigenvalue weighted by Crippen LogP contribution is 2.13. The molecule has 1 rings (SSSR count). The number of aryl methyl sites for hydroxylation is 2. The zero-order valence-corrected chi connectivity index (χ0v) is 6.66. The molecule has 0 bridgehead atoms. The van der Waals surface area contributed by atoms with Crippen LogP contribution in [0.4, 0.5) is 0 Å². The minimum atomic E-state index is 1.12. The van der Waals surface area contributed by atoms with Gasteiger partial charge < -0.3 is 0 Å². The van der Waals surface area contributed by atoms with Crippen LogP contribution in [0.15, 0.2) is 6.20 Å². The largest absolute Gasteiger partial charge is 0.201 e. The summed E-state index contributed by atoms with van der Waals surface area (Å²) in [6.07, 6.45) is 4.23. The predicted molar refractivity (Wildman–Crippen MR) is 40.9 cm³/mol. The van der Waals surface area contributed by atoms with E-state index in [9.17, 15) is 0 Å². The molecular formula is C7H11NS. The van der Waals surface area contributed by atoms with Crippen molar-refractivity contribution in [3.63, 3.8) is 0 Å². The maximum Gasteiger partial charge on any atom is 0.0441 e. The molecule has 1 aromatic rings. The Hall–Kier alpha value is -0.370. The summed E-state index contributed by atoms with van der Waals surface area (Å²) >= 11 is 1.62. The van der Waals surface area contributed by atoms with Crippen molar-refractivity contribution in [1.29, 1.82) is 0 Å². The van der Waals surface area contributed by atoms with E-state index in [2.05, 4.69) is 18.2 Å². The lowest BCUT2D eigenvalue weighted by Gasteiger charge is -1.90. The number of nitrogens with zero attached hydrogens (tertiary/aromatic N) is 1. The number of aromatic nitrogens is 1. The van der Waals surface area contributed by atoms with E-state index >= 15 is 0 Å². The molecule has 9 heavy (non-hydrogen) atoms. The first-order chi connectivity index (χ1) is 4.38. The molecule has 0 fully saturated rings. The van der Waals surface area contributed by atoms with Gasteiger partial charge in [0, 0.05) is 11.1 Å². The van der Waals surface area contributed by atoms with E-state index in [1.165, 1.54) is 10.4 Å². The summed E-state index contributed by atoms with van der Waals surface area (Å²) in [7, 11) is 0. The van der Waals surface area contributed by atoms with E-state index in [4.69, 9.17) is 0 Å². The second-order valence-electron chi connectivity index (χ2n) is 1.98. The summed E-state index contributed by atoms with van der Waals surface area (Å²) < 4.78 is 4.11. The van der Waals surface area contributed by atoms with Gasteiger partial charge in [0.1, 0.15) is 0 Å². The van der Waals surface area contributed by atoms with Crippen molar-refractivity contribution in [3.8, 4) is 0 Å². The molecule has 2 heteroatoms. The van der Waals surface area contributed by atoms with Crippen molar-refractivity contribution in [2.75, 3.05) is 0 Å². The molecule has 0 saturated heterocycles. The zero-order valence-electron chi connectivity index (χ0n) is 5.85. The Morgan fingerprint density at radius 2 is 2.22 bits per heavy atom. The molecule has 0 aromatic carbocycles. The summed E-state index contributed by atoms with van der Waals surface area (Å²) in [5.41, 5.74) is 1.42. The van der Waals surface area contributed by atoms with Gasteiger partial charge in [0.2, 0.25) is 0 Å². The fourth-order valence-corrected chi connectivity index (χ4v) is 1.61. The Bertz CT molecular complexity index is 162. The average Bonchev–Trinajstić information content (AvgIpc) is 2.33. The summed E-state index contributed by atoms with van der Waals surface area (Å²) in [5, 5.41) is 0. The molecule has 0 radical (unpaired) electrons. The molecule has 1 nitrogen and oxygen atoms in total. The van der Waals surface area contributed by atoms with Crippen molar-refractivity contribution < 1.29 is 0 Å². The van der Waals surface area contributed by atoms with Crippen LogP contribution in [-0.2, 0) is 12.8 Å². The second kappa shape index (κ2) is 2.97. The van der Waals surface area contributed by atoms with Gasteiger partial charge in [-0.3, -0.25) is 0 Å². The Labute approximate surface area is 59.9 Å². The van der Waals surface area contributed by atoms with Gasteiger partial charge in [-0.15, -0.1) is 0 Å². The lowest BCUT2D eigenvalue weighted by molar-refractivity contribution is 1.07. The standard InChI is InChI=1S/C7H11NS/c1-3-6-5-8-9-7(6)4-2/h5H,3-4H2,1-2H3. The molecule has 0 N–H and O–H groups in total. The van der Waals surface area contributed by atoms with Gasteiger partial charge in [0.25, 0.3) is 0 Å². The average molecular weight is 141 g/mol. The van der Waals surface area contributed by atoms with Crippen LogP contribution in [0.3, 0.4) is 0 Å². The topological polar surface area (TPSA) is 12.9 Å². The van der Waals surface area contributed by atoms with Crippen molar-refractivity contribution in [2.24, 2.45) is 0 Å². The third kappa shape index (κ3) is 1.30. The van der Waals surface area contributed by atoms with Gasteiger partial charge in [0.15, 0.2) is 0 Å². The van der Waals surface area contributed by atoms with Crippen molar-refractivity contribution in [1.82, 2.24) is 4.37 Å². The van der Waals surface area contributed by atoms with E-state index in [1.807, 2.05) is 6.20 Å². The third-order valence-corrected chi connectivity index (χ3v) is 2.41. The zero-order chi connectivity index (χ0) is 6.69. The molecule has 0 saturated carbocycles. The number of hydrogen-bond donors (Lipinski definition) is 0. The minimum absolute atomic E-state index is 1.12. The highest BCUT2D eigenvalue weighted by Gasteiger charge is 1.98. The van der Waals surface area contributed by atoms with Gasteiger partial charge in [-0.25, -0.2) is 4.37 Å². The van der Waals surface area contributed by atoms with Gasteiger partial charge in [0.05, 0.1) is 0 Å². The van der Waals surface area contributed by atoms with E-state index in [0.29, 0.717) is 0 Å². The molecular weight excluding hydrogens is 130 g/mol. The van der Waals surface area contributed by atoms with Crippen LogP contribution < -0.4 is 0 Å². The molecule has 0 unspecified atom stereocenters. The Morgan fingerprint density at radius 1 is 1.44 bits per heavy atom. The highest BCUT2D eigenvalue weighted by atomic mass is 32.1. The van der Waals surface area contributed by atoms with Crippen LogP contribution in [0.25, 0.3) is 0 Å². The number of hydrogen-bond acceptors (Lipinski definition) is 2. The quantitative estimate of drug-likeness (QED) is 0.615. The second-order valence-corrected chi connectivity index (χ2v) is 2.87. The molecule has 1 aromatic heterocycles. The van der Waals surface area contributed by atoms with Crippen molar-refractivity contribution in [3.05, 3.63) is 16.6 Å². The number of rotatable bonds is 2. The molecule has 0 aliphatic carbocycles. The summed E-state index contributed by atoms with van der Waals surface area (Å²) in [6, 6.07) is 0. The summed E-state index contributed by atoms with van der Waals surface area (Å²) in [6.45, 7) is 4.34. The normalized spacial score (nSPS) is 10.0. The molecule has 0 amide bonds. The monoisotopic (exact) mass is 141 g/mol. The molecule has 0 aliphatic heterocycles. The van der Waals surface area contributed by atoms with Gasteiger partial charge in [-0.05, 0) is 29.9 Å². The van der Waals surface area contributed by atoms with Gasteiger partial charge >= 0.3 is 0 Å².